The second-order valence-corrected chi connectivity index (χ2v) is 25.4. The highest BCUT2D eigenvalue weighted by molar-refractivity contribution is 9.10. The summed E-state index contributed by atoms with van der Waals surface area (Å²) in [5.41, 5.74) is 5.29. The van der Waals surface area contributed by atoms with E-state index in [1.807, 2.05) is 12.1 Å². The molecule has 0 atom stereocenters. The molecule has 3 aromatic rings. The Morgan fingerprint density at radius 3 is 1.26 bits per heavy atom. The van der Waals surface area contributed by atoms with Gasteiger partial charge in [0.25, 0.3) is 0 Å². The van der Waals surface area contributed by atoms with Crippen LogP contribution in [0.2, 0.25) is 51.4 Å². The van der Waals surface area contributed by atoms with Gasteiger partial charge in [0.15, 0.2) is 0 Å². The summed E-state index contributed by atoms with van der Waals surface area (Å²) in [4.78, 5) is 26.7. The summed E-state index contributed by atoms with van der Waals surface area (Å²) in [5.74, 6) is -0.262. The first-order chi connectivity index (χ1) is 19.8. The van der Waals surface area contributed by atoms with Crippen LogP contribution in [-0.2, 0) is 31.9 Å². The Labute approximate surface area is 262 Å². The van der Waals surface area contributed by atoms with Crippen LogP contribution in [0.3, 0.4) is 0 Å². The minimum absolute atomic E-state index is 0.131. The fourth-order valence-electron chi connectivity index (χ4n) is 4.24. The lowest BCUT2D eigenvalue weighted by molar-refractivity contribution is -0.144. The number of hydrogen-bond acceptors (Lipinski definition) is 5. The molecule has 0 aromatic heterocycles. The Morgan fingerprint density at radius 1 is 0.595 bits per heavy atom. The summed E-state index contributed by atoms with van der Waals surface area (Å²) in [6, 6.07) is 26.9. The van der Waals surface area contributed by atoms with Crippen molar-refractivity contribution < 1.29 is 19.1 Å². The van der Waals surface area contributed by atoms with Gasteiger partial charge in [0.1, 0.15) is 0 Å². The van der Waals surface area contributed by atoms with Crippen molar-refractivity contribution in [1.29, 1.82) is 0 Å². The Morgan fingerprint density at radius 2 is 0.929 bits per heavy atom. The highest BCUT2D eigenvalue weighted by Crippen LogP contribution is 2.35. The van der Waals surface area contributed by atoms with Gasteiger partial charge in [-0.3, -0.25) is 9.59 Å². The van der Waals surface area contributed by atoms with E-state index < -0.39 is 16.1 Å². The number of ether oxygens (including phenoxy) is 2. The van der Waals surface area contributed by atoms with E-state index in [0.717, 1.165) is 44.7 Å². The molecule has 5 nitrogen and oxygen atoms in total. The van der Waals surface area contributed by atoms with Gasteiger partial charge in [0, 0.05) is 50.5 Å². The minimum atomic E-state index is -1.21. The number of carbonyl (C=O) groups excluding carboxylic acids is 2. The van der Waals surface area contributed by atoms with Gasteiger partial charge < -0.3 is 14.4 Å². The first-order valence-corrected chi connectivity index (χ1v) is 23.0. The molecule has 226 valence electrons. The lowest BCUT2D eigenvalue weighted by atomic mass is 10.1. The molecular formula is C34H46BrNO4Si2. The van der Waals surface area contributed by atoms with E-state index in [-0.39, 0.29) is 11.9 Å². The van der Waals surface area contributed by atoms with Crippen molar-refractivity contribution in [2.75, 3.05) is 18.1 Å². The first kappa shape index (κ1) is 33.8. The molecule has 42 heavy (non-hydrogen) atoms. The van der Waals surface area contributed by atoms with Crippen molar-refractivity contribution in [2.24, 2.45) is 0 Å². The van der Waals surface area contributed by atoms with Gasteiger partial charge in [-0.2, -0.15) is 0 Å². The summed E-state index contributed by atoms with van der Waals surface area (Å²) >= 11 is 3.54. The van der Waals surface area contributed by atoms with Crippen LogP contribution in [0.25, 0.3) is 0 Å². The van der Waals surface area contributed by atoms with Gasteiger partial charge in [-0.15, -0.1) is 0 Å². The number of hydrogen-bond donors (Lipinski definition) is 0. The Bertz CT molecular complexity index is 1200. The summed E-state index contributed by atoms with van der Waals surface area (Å²) in [6.45, 7) is 14.7. The largest absolute Gasteiger partial charge is 0.466 e. The van der Waals surface area contributed by atoms with Crippen LogP contribution in [0.15, 0.2) is 77.3 Å². The normalized spacial score (nSPS) is 11.7. The molecule has 0 spiro atoms. The van der Waals surface area contributed by atoms with Crippen LogP contribution in [0.4, 0.5) is 17.1 Å². The van der Waals surface area contributed by atoms with Gasteiger partial charge in [-0.25, -0.2) is 0 Å². The number of benzene rings is 3. The van der Waals surface area contributed by atoms with Crippen molar-refractivity contribution in [3.8, 4) is 0 Å². The van der Waals surface area contributed by atoms with Crippen LogP contribution in [0.1, 0.15) is 24.0 Å². The zero-order valence-corrected chi connectivity index (χ0v) is 29.6. The highest BCUT2D eigenvalue weighted by atomic mass is 79.9. The highest BCUT2D eigenvalue weighted by Gasteiger charge is 2.16. The van der Waals surface area contributed by atoms with Gasteiger partial charge >= 0.3 is 11.9 Å². The standard InChI is InChI=1S/C34H46BrNO4Si2/c1-41(2,3)25-23-39-33(37)21-11-27-7-15-30(16-8-27)36(32-19-13-29(35)14-20-32)31-17-9-28(10-18-31)12-22-34(38)40-24-26-42(4,5)6/h7-10,13-20H,11-12,21-26H2,1-6H3. The van der Waals surface area contributed by atoms with Crippen molar-refractivity contribution in [3.05, 3.63) is 88.4 Å². The second kappa shape index (κ2) is 15.7. The number of aryl methyl sites for hydroxylation is 2. The van der Waals surface area contributed by atoms with Crippen molar-refractivity contribution in [1.82, 2.24) is 0 Å². The van der Waals surface area contributed by atoms with Gasteiger partial charge in [-0.05, 0) is 84.6 Å². The van der Waals surface area contributed by atoms with Crippen LogP contribution in [0.5, 0.6) is 0 Å². The summed E-state index contributed by atoms with van der Waals surface area (Å²) in [7, 11) is -2.42. The molecule has 0 aliphatic carbocycles. The maximum absolute atomic E-state index is 12.2. The predicted molar refractivity (Wildman–Crippen MR) is 184 cm³/mol. The number of anilines is 3. The quantitative estimate of drug-likeness (QED) is 0.119. The van der Waals surface area contributed by atoms with Crippen LogP contribution >= 0.6 is 15.9 Å². The van der Waals surface area contributed by atoms with Crippen LogP contribution in [0, 0.1) is 0 Å². The van der Waals surface area contributed by atoms with Crippen LogP contribution in [-0.4, -0.2) is 41.3 Å². The number of nitrogens with zero attached hydrogens (tertiary/aromatic N) is 1. The van der Waals surface area contributed by atoms with Gasteiger partial charge in [0.2, 0.25) is 0 Å². The monoisotopic (exact) mass is 667 g/mol. The zero-order chi connectivity index (χ0) is 30.8. The smallest absolute Gasteiger partial charge is 0.306 e. The Hall–Kier alpha value is -2.69. The molecule has 3 aromatic carbocycles. The zero-order valence-electron chi connectivity index (χ0n) is 26.0. The molecule has 0 N–H and O–H groups in total. The molecule has 0 aliphatic rings. The lowest BCUT2D eigenvalue weighted by Crippen LogP contribution is -2.22. The summed E-state index contributed by atoms with van der Waals surface area (Å²) in [6.07, 6.45) is 2.07. The fourth-order valence-corrected chi connectivity index (χ4v) is 5.93. The summed E-state index contributed by atoms with van der Waals surface area (Å²) < 4.78 is 11.9. The number of esters is 2. The first-order valence-electron chi connectivity index (χ1n) is 14.8. The topological polar surface area (TPSA) is 55.8 Å². The number of rotatable bonds is 15. The van der Waals surface area contributed by atoms with Crippen molar-refractivity contribution >= 4 is 61.1 Å². The molecule has 8 heteroatoms. The van der Waals surface area contributed by atoms with Gasteiger partial charge in [-0.1, -0.05) is 79.5 Å². The fraction of sp³-hybridized carbons (Fsp3) is 0.412. The lowest BCUT2D eigenvalue weighted by Gasteiger charge is -2.26. The molecule has 0 saturated carbocycles. The SMILES string of the molecule is C[Si](C)(C)CCOC(=O)CCc1ccc(N(c2ccc(Br)cc2)c2ccc(CCC(=O)OCC[Si](C)(C)C)cc2)cc1. The van der Waals surface area contributed by atoms with Crippen molar-refractivity contribution in [3.63, 3.8) is 0 Å². The molecule has 0 saturated heterocycles. The third-order valence-electron chi connectivity index (χ3n) is 6.94. The number of halogens is 1. The molecule has 0 radical (unpaired) electrons. The van der Waals surface area contributed by atoms with Crippen molar-refractivity contribution in [2.45, 2.75) is 77.1 Å². The Kier molecular flexibility index (Phi) is 12.6. The molecular weight excluding hydrogens is 622 g/mol. The van der Waals surface area contributed by atoms with E-state index in [1.54, 1.807) is 0 Å². The minimum Gasteiger partial charge on any atom is -0.466 e. The molecule has 0 aliphatic heterocycles. The predicted octanol–water partition coefficient (Wildman–Crippen LogP) is 9.55. The second-order valence-electron chi connectivity index (χ2n) is 13.2. The average molecular weight is 669 g/mol. The summed E-state index contributed by atoms with van der Waals surface area (Å²) in [5, 5.41) is 0. The molecule has 0 bridgehead atoms. The maximum atomic E-state index is 12.2. The third-order valence-corrected chi connectivity index (χ3v) is 10.9. The van der Waals surface area contributed by atoms with E-state index in [0.29, 0.717) is 38.9 Å². The van der Waals surface area contributed by atoms with Gasteiger partial charge in [0.05, 0.1) is 13.2 Å². The molecule has 0 heterocycles. The van der Waals surface area contributed by atoms with Crippen LogP contribution < -0.4 is 4.90 Å². The van der Waals surface area contributed by atoms with E-state index in [2.05, 4.69) is 121 Å². The Balaban J connectivity index is 1.65. The third kappa shape index (κ3) is 12.3. The van der Waals surface area contributed by atoms with E-state index in [4.69, 9.17) is 9.47 Å². The molecule has 0 fully saturated rings. The maximum Gasteiger partial charge on any atom is 0.306 e. The average Bonchev–Trinajstić information content (AvgIpc) is 2.92. The van der Waals surface area contributed by atoms with E-state index >= 15 is 0 Å². The molecule has 0 amide bonds. The van der Waals surface area contributed by atoms with E-state index in [9.17, 15) is 9.59 Å². The van der Waals surface area contributed by atoms with E-state index in [1.165, 1.54) is 0 Å². The number of carbonyl (C=O) groups is 2. The molecule has 0 unspecified atom stereocenters. The molecule has 3 rings (SSSR count).